The number of anilines is 1. The third-order valence-corrected chi connectivity index (χ3v) is 4.88. The van der Waals surface area contributed by atoms with Crippen molar-refractivity contribution in [1.29, 1.82) is 0 Å². The molecule has 0 aromatic heterocycles. The molecule has 2 aromatic rings. The van der Waals surface area contributed by atoms with Gasteiger partial charge in [-0.05, 0) is 42.8 Å². The number of hydrogen-bond donors (Lipinski definition) is 2. The number of ether oxygens (including phenoxy) is 2. The molecule has 0 fully saturated rings. The lowest BCUT2D eigenvalue weighted by Gasteiger charge is -2.13. The molecule has 6 nitrogen and oxygen atoms in total. The molecule has 0 bridgehead atoms. The van der Waals surface area contributed by atoms with E-state index in [9.17, 15) is 9.59 Å². The first-order valence-corrected chi connectivity index (χ1v) is 11.1. The standard InChI is InChI=1S/C25H33NO5/c1-2-3-4-5-6-7-8-13-24(27)26-22-11-9-10-12-23(22)31-19-18-30-21-16-14-20(15-17-21)25(28)29/h9-12,14-17H,2-8,13,18-19H2,1H3,(H,26,27)(H,28,29). The van der Waals surface area contributed by atoms with Crippen LogP contribution in [-0.2, 0) is 4.79 Å². The summed E-state index contributed by atoms with van der Waals surface area (Å²) in [5, 5.41) is 11.9. The lowest BCUT2D eigenvalue weighted by molar-refractivity contribution is -0.116. The Kier molecular flexibility index (Phi) is 11.0. The number of amides is 1. The highest BCUT2D eigenvalue weighted by atomic mass is 16.5. The summed E-state index contributed by atoms with van der Waals surface area (Å²) in [6.45, 7) is 2.80. The summed E-state index contributed by atoms with van der Waals surface area (Å²) in [4.78, 5) is 23.1. The summed E-state index contributed by atoms with van der Waals surface area (Å²) in [5.41, 5.74) is 0.867. The van der Waals surface area contributed by atoms with Gasteiger partial charge in [0.1, 0.15) is 24.7 Å². The van der Waals surface area contributed by atoms with Crippen LogP contribution in [-0.4, -0.2) is 30.2 Å². The summed E-state index contributed by atoms with van der Waals surface area (Å²) in [6.07, 6.45) is 8.75. The van der Waals surface area contributed by atoms with Crippen LogP contribution in [0, 0.1) is 0 Å². The van der Waals surface area contributed by atoms with Crippen LogP contribution in [0.2, 0.25) is 0 Å². The van der Waals surface area contributed by atoms with E-state index in [0.29, 0.717) is 36.8 Å². The Balaban J connectivity index is 1.69. The number of carboxylic acid groups (broad SMARTS) is 1. The maximum absolute atomic E-state index is 12.3. The summed E-state index contributed by atoms with van der Waals surface area (Å²) in [5.74, 6) is 0.199. The van der Waals surface area contributed by atoms with Gasteiger partial charge >= 0.3 is 5.97 Å². The quantitative estimate of drug-likeness (QED) is 0.345. The zero-order valence-electron chi connectivity index (χ0n) is 18.3. The Labute approximate surface area is 184 Å². The van der Waals surface area contributed by atoms with Gasteiger partial charge in [0.05, 0.1) is 11.3 Å². The molecule has 0 atom stereocenters. The van der Waals surface area contributed by atoms with Crippen molar-refractivity contribution in [3.63, 3.8) is 0 Å². The SMILES string of the molecule is CCCCCCCCCC(=O)Nc1ccccc1OCCOc1ccc(C(=O)O)cc1. The molecular formula is C25H33NO5. The molecule has 2 N–H and O–H groups in total. The van der Waals surface area contributed by atoms with Gasteiger partial charge < -0.3 is 19.9 Å². The van der Waals surface area contributed by atoms with Gasteiger partial charge in [-0.3, -0.25) is 4.79 Å². The average Bonchev–Trinajstić information content (AvgIpc) is 2.77. The molecule has 0 heterocycles. The van der Waals surface area contributed by atoms with Gasteiger partial charge in [-0.1, -0.05) is 57.6 Å². The van der Waals surface area contributed by atoms with Crippen LogP contribution in [0.1, 0.15) is 68.6 Å². The number of nitrogens with one attached hydrogen (secondary N) is 1. The second-order valence-electron chi connectivity index (χ2n) is 7.44. The number of carbonyl (C=O) groups is 2. The molecule has 0 unspecified atom stereocenters. The monoisotopic (exact) mass is 427 g/mol. The smallest absolute Gasteiger partial charge is 0.335 e. The Bertz CT molecular complexity index is 804. The molecule has 0 saturated carbocycles. The van der Waals surface area contributed by atoms with Gasteiger partial charge in [0.25, 0.3) is 0 Å². The molecule has 0 saturated heterocycles. The second-order valence-corrected chi connectivity index (χ2v) is 7.44. The van der Waals surface area contributed by atoms with Crippen molar-refractivity contribution in [2.75, 3.05) is 18.5 Å². The number of carboxylic acids is 1. The highest BCUT2D eigenvalue weighted by molar-refractivity contribution is 5.92. The predicted octanol–water partition coefficient (Wildman–Crippen LogP) is 5.92. The van der Waals surface area contributed by atoms with Gasteiger partial charge in [-0.25, -0.2) is 4.79 Å². The molecule has 2 rings (SSSR count). The first-order chi connectivity index (χ1) is 15.1. The van der Waals surface area contributed by atoms with E-state index in [1.54, 1.807) is 12.1 Å². The number of aromatic carboxylic acids is 1. The number of carbonyl (C=O) groups excluding carboxylic acids is 1. The van der Waals surface area contributed by atoms with Gasteiger partial charge in [0.15, 0.2) is 0 Å². The van der Waals surface area contributed by atoms with Crippen LogP contribution in [0.3, 0.4) is 0 Å². The first kappa shape index (κ1) is 24.3. The van der Waals surface area contributed by atoms with E-state index >= 15 is 0 Å². The van der Waals surface area contributed by atoms with Crippen molar-refractivity contribution in [2.45, 2.75) is 58.3 Å². The lowest BCUT2D eigenvalue weighted by Crippen LogP contribution is -2.14. The highest BCUT2D eigenvalue weighted by Crippen LogP contribution is 2.24. The fourth-order valence-electron chi connectivity index (χ4n) is 3.16. The van der Waals surface area contributed by atoms with Gasteiger partial charge in [-0.2, -0.15) is 0 Å². The molecule has 0 aliphatic rings. The molecule has 2 aromatic carbocycles. The van der Waals surface area contributed by atoms with Crippen LogP contribution < -0.4 is 14.8 Å². The molecule has 0 radical (unpaired) electrons. The van der Waals surface area contributed by atoms with E-state index < -0.39 is 5.97 Å². The molecular weight excluding hydrogens is 394 g/mol. The zero-order valence-corrected chi connectivity index (χ0v) is 18.3. The van der Waals surface area contributed by atoms with E-state index in [4.69, 9.17) is 14.6 Å². The van der Waals surface area contributed by atoms with Crippen LogP contribution in [0.15, 0.2) is 48.5 Å². The third kappa shape index (κ3) is 9.55. The minimum absolute atomic E-state index is 0.000576. The fraction of sp³-hybridized carbons (Fsp3) is 0.440. The number of rotatable bonds is 15. The predicted molar refractivity (Wildman–Crippen MR) is 122 cm³/mol. The van der Waals surface area contributed by atoms with Crippen molar-refractivity contribution in [3.8, 4) is 11.5 Å². The second kappa shape index (κ2) is 14.1. The van der Waals surface area contributed by atoms with E-state index in [0.717, 1.165) is 12.8 Å². The molecule has 0 spiro atoms. The van der Waals surface area contributed by atoms with Crippen LogP contribution >= 0.6 is 0 Å². The lowest BCUT2D eigenvalue weighted by atomic mass is 10.1. The van der Waals surface area contributed by atoms with Crippen LogP contribution in [0.5, 0.6) is 11.5 Å². The first-order valence-electron chi connectivity index (χ1n) is 11.1. The molecule has 6 heteroatoms. The van der Waals surface area contributed by atoms with Crippen molar-refractivity contribution in [3.05, 3.63) is 54.1 Å². The molecule has 0 aliphatic carbocycles. The molecule has 0 aliphatic heterocycles. The van der Waals surface area contributed by atoms with Crippen LogP contribution in [0.25, 0.3) is 0 Å². The van der Waals surface area contributed by atoms with Crippen molar-refractivity contribution in [2.24, 2.45) is 0 Å². The van der Waals surface area contributed by atoms with Gasteiger partial charge in [0.2, 0.25) is 5.91 Å². The topological polar surface area (TPSA) is 84.9 Å². The van der Waals surface area contributed by atoms with Crippen molar-refractivity contribution >= 4 is 17.6 Å². The maximum atomic E-state index is 12.3. The largest absolute Gasteiger partial charge is 0.490 e. The summed E-state index contributed by atoms with van der Waals surface area (Å²) in [7, 11) is 0. The minimum atomic E-state index is -0.972. The van der Waals surface area contributed by atoms with E-state index in [1.807, 2.05) is 24.3 Å². The Morgan fingerprint density at radius 1 is 0.839 bits per heavy atom. The number of benzene rings is 2. The number of unbranched alkanes of at least 4 members (excludes halogenated alkanes) is 6. The minimum Gasteiger partial charge on any atom is -0.490 e. The highest BCUT2D eigenvalue weighted by Gasteiger charge is 2.08. The van der Waals surface area contributed by atoms with E-state index in [1.165, 1.54) is 44.2 Å². The molecule has 1 amide bonds. The number of hydrogen-bond acceptors (Lipinski definition) is 4. The summed E-state index contributed by atoms with van der Waals surface area (Å²) < 4.78 is 11.3. The van der Waals surface area contributed by atoms with Gasteiger partial charge in [0, 0.05) is 6.42 Å². The maximum Gasteiger partial charge on any atom is 0.335 e. The Hall–Kier alpha value is -3.02. The Morgan fingerprint density at radius 2 is 1.48 bits per heavy atom. The van der Waals surface area contributed by atoms with Crippen molar-refractivity contribution in [1.82, 2.24) is 0 Å². The summed E-state index contributed by atoms with van der Waals surface area (Å²) >= 11 is 0. The average molecular weight is 428 g/mol. The van der Waals surface area contributed by atoms with Gasteiger partial charge in [-0.15, -0.1) is 0 Å². The van der Waals surface area contributed by atoms with E-state index in [-0.39, 0.29) is 11.5 Å². The summed E-state index contributed by atoms with van der Waals surface area (Å²) in [6, 6.07) is 13.6. The van der Waals surface area contributed by atoms with E-state index in [2.05, 4.69) is 12.2 Å². The molecule has 31 heavy (non-hydrogen) atoms. The third-order valence-electron chi connectivity index (χ3n) is 4.88. The normalized spacial score (nSPS) is 10.5. The van der Waals surface area contributed by atoms with Crippen molar-refractivity contribution < 1.29 is 24.2 Å². The van der Waals surface area contributed by atoms with Crippen LogP contribution in [0.4, 0.5) is 5.69 Å². The fourth-order valence-corrected chi connectivity index (χ4v) is 3.16. The number of para-hydroxylation sites is 2. The molecule has 168 valence electrons. The zero-order chi connectivity index (χ0) is 22.3. The Morgan fingerprint density at radius 3 is 2.19 bits per heavy atom.